The first-order valence-electron chi connectivity index (χ1n) is 8.38. The molecule has 2 N–H and O–H groups in total. The summed E-state index contributed by atoms with van der Waals surface area (Å²) in [6.45, 7) is 0.588. The zero-order valence-electron chi connectivity index (χ0n) is 14.2. The first kappa shape index (κ1) is 17.9. The van der Waals surface area contributed by atoms with Gasteiger partial charge in [0.2, 0.25) is 0 Å². The number of nitrogens with one attached hydrogen (secondary N) is 2. The second-order valence-corrected chi connectivity index (χ2v) is 6.15. The molecule has 0 bridgehead atoms. The van der Waals surface area contributed by atoms with E-state index in [2.05, 4.69) is 32.7 Å². The number of para-hydroxylation sites is 1. The van der Waals surface area contributed by atoms with Crippen molar-refractivity contribution in [3.05, 3.63) is 83.3 Å². The SMILES string of the molecule is O=C(NCCCc1ccccc1)c1cc(Nc2ccccc2Cl)ncn1. The Balaban J connectivity index is 1.54. The van der Waals surface area contributed by atoms with Gasteiger partial charge in [-0.15, -0.1) is 0 Å². The molecule has 0 saturated heterocycles. The van der Waals surface area contributed by atoms with Crippen LogP contribution in [-0.2, 0) is 6.42 Å². The third-order valence-corrected chi connectivity index (χ3v) is 4.14. The van der Waals surface area contributed by atoms with Crippen molar-refractivity contribution in [2.45, 2.75) is 12.8 Å². The second-order valence-electron chi connectivity index (χ2n) is 5.74. The minimum atomic E-state index is -0.220. The van der Waals surface area contributed by atoms with Crippen LogP contribution in [0, 0.1) is 0 Å². The molecule has 3 aromatic rings. The molecule has 0 unspecified atom stereocenters. The molecular weight excluding hydrogens is 348 g/mol. The molecule has 0 aliphatic heterocycles. The minimum absolute atomic E-state index is 0.220. The molecule has 1 amide bonds. The number of rotatable bonds is 7. The van der Waals surface area contributed by atoms with Crippen LogP contribution in [0.2, 0.25) is 5.02 Å². The quantitative estimate of drug-likeness (QED) is 0.614. The van der Waals surface area contributed by atoms with Crippen LogP contribution in [0.1, 0.15) is 22.5 Å². The lowest BCUT2D eigenvalue weighted by Crippen LogP contribution is -2.25. The molecule has 5 nitrogen and oxygen atoms in total. The lowest BCUT2D eigenvalue weighted by molar-refractivity contribution is 0.0948. The Hall–Kier alpha value is -2.92. The highest BCUT2D eigenvalue weighted by molar-refractivity contribution is 6.33. The Morgan fingerprint density at radius 1 is 1.00 bits per heavy atom. The van der Waals surface area contributed by atoms with Crippen LogP contribution in [0.3, 0.4) is 0 Å². The molecule has 3 rings (SSSR count). The molecule has 0 atom stereocenters. The molecular formula is C20H19ClN4O. The number of halogens is 1. The van der Waals surface area contributed by atoms with Crippen molar-refractivity contribution in [1.29, 1.82) is 0 Å². The number of hydrogen-bond acceptors (Lipinski definition) is 4. The molecule has 0 aliphatic carbocycles. The van der Waals surface area contributed by atoms with Gasteiger partial charge in [-0.05, 0) is 30.5 Å². The Labute approximate surface area is 157 Å². The molecule has 0 aliphatic rings. The van der Waals surface area contributed by atoms with Gasteiger partial charge < -0.3 is 10.6 Å². The Kier molecular flexibility index (Phi) is 6.17. The lowest BCUT2D eigenvalue weighted by atomic mass is 10.1. The van der Waals surface area contributed by atoms with Crippen LogP contribution in [0.15, 0.2) is 67.0 Å². The highest BCUT2D eigenvalue weighted by Crippen LogP contribution is 2.23. The summed E-state index contributed by atoms with van der Waals surface area (Å²) in [5.74, 6) is 0.296. The molecule has 132 valence electrons. The van der Waals surface area contributed by atoms with Crippen molar-refractivity contribution >= 4 is 29.0 Å². The van der Waals surface area contributed by atoms with Gasteiger partial charge >= 0.3 is 0 Å². The fraction of sp³-hybridized carbons (Fsp3) is 0.150. The molecule has 1 heterocycles. The van der Waals surface area contributed by atoms with Crippen molar-refractivity contribution in [2.24, 2.45) is 0 Å². The van der Waals surface area contributed by atoms with E-state index < -0.39 is 0 Å². The fourth-order valence-corrected chi connectivity index (χ4v) is 2.66. The zero-order valence-corrected chi connectivity index (χ0v) is 14.9. The summed E-state index contributed by atoms with van der Waals surface area (Å²) in [6, 6.07) is 19.1. The summed E-state index contributed by atoms with van der Waals surface area (Å²) in [7, 11) is 0. The average Bonchev–Trinajstić information content (AvgIpc) is 2.68. The average molecular weight is 367 g/mol. The monoisotopic (exact) mass is 366 g/mol. The highest BCUT2D eigenvalue weighted by Gasteiger charge is 2.09. The van der Waals surface area contributed by atoms with Crippen LogP contribution in [-0.4, -0.2) is 22.4 Å². The Morgan fingerprint density at radius 2 is 1.77 bits per heavy atom. The van der Waals surface area contributed by atoms with E-state index in [4.69, 9.17) is 11.6 Å². The Morgan fingerprint density at radius 3 is 2.58 bits per heavy atom. The standard InChI is InChI=1S/C20H19ClN4O/c21-16-10-4-5-11-17(16)25-19-13-18(23-14-24-19)20(26)22-12-6-9-15-7-2-1-3-8-15/h1-5,7-8,10-11,13-14H,6,9,12H2,(H,22,26)(H,23,24,25). The van der Waals surface area contributed by atoms with Crippen molar-refractivity contribution in [3.63, 3.8) is 0 Å². The van der Waals surface area contributed by atoms with E-state index in [1.54, 1.807) is 12.1 Å². The van der Waals surface area contributed by atoms with Gasteiger partial charge in [0.25, 0.3) is 5.91 Å². The summed E-state index contributed by atoms with van der Waals surface area (Å²) >= 11 is 6.13. The maximum Gasteiger partial charge on any atom is 0.270 e. The number of hydrogen-bond donors (Lipinski definition) is 2. The minimum Gasteiger partial charge on any atom is -0.351 e. The second kappa shape index (κ2) is 8.97. The van der Waals surface area contributed by atoms with Crippen LogP contribution in [0.25, 0.3) is 0 Å². The summed E-state index contributed by atoms with van der Waals surface area (Å²) < 4.78 is 0. The molecule has 26 heavy (non-hydrogen) atoms. The third-order valence-electron chi connectivity index (χ3n) is 3.81. The van der Waals surface area contributed by atoms with Crippen molar-refractivity contribution < 1.29 is 4.79 Å². The molecule has 0 fully saturated rings. The van der Waals surface area contributed by atoms with Crippen LogP contribution >= 0.6 is 11.6 Å². The van der Waals surface area contributed by atoms with Crippen molar-refractivity contribution in [1.82, 2.24) is 15.3 Å². The topological polar surface area (TPSA) is 66.9 Å². The van der Waals surface area contributed by atoms with Crippen LogP contribution in [0.5, 0.6) is 0 Å². The maximum absolute atomic E-state index is 12.3. The van der Waals surface area contributed by atoms with Gasteiger partial charge in [-0.1, -0.05) is 54.1 Å². The molecule has 1 aromatic heterocycles. The molecule has 0 saturated carbocycles. The van der Waals surface area contributed by atoms with Gasteiger partial charge in [-0.3, -0.25) is 4.79 Å². The number of carbonyl (C=O) groups is 1. The molecule has 2 aromatic carbocycles. The predicted molar refractivity (Wildman–Crippen MR) is 104 cm³/mol. The van der Waals surface area contributed by atoms with Gasteiger partial charge in [0.1, 0.15) is 17.8 Å². The van der Waals surface area contributed by atoms with Crippen molar-refractivity contribution in [3.8, 4) is 0 Å². The zero-order chi connectivity index (χ0) is 18.2. The first-order valence-corrected chi connectivity index (χ1v) is 8.76. The number of nitrogens with zero attached hydrogens (tertiary/aromatic N) is 2. The number of aryl methyl sites for hydroxylation is 1. The van der Waals surface area contributed by atoms with E-state index in [0.717, 1.165) is 18.5 Å². The van der Waals surface area contributed by atoms with Gasteiger partial charge in [-0.2, -0.15) is 0 Å². The summed E-state index contributed by atoms with van der Waals surface area (Å²) in [4.78, 5) is 20.4. The van der Waals surface area contributed by atoms with Gasteiger partial charge in [-0.25, -0.2) is 9.97 Å². The van der Waals surface area contributed by atoms with E-state index in [0.29, 0.717) is 23.1 Å². The number of aromatic nitrogens is 2. The van der Waals surface area contributed by atoms with E-state index in [9.17, 15) is 4.79 Å². The number of anilines is 2. The number of amides is 1. The highest BCUT2D eigenvalue weighted by atomic mass is 35.5. The smallest absolute Gasteiger partial charge is 0.270 e. The summed E-state index contributed by atoms with van der Waals surface area (Å²) in [5, 5.41) is 6.56. The van der Waals surface area contributed by atoms with Gasteiger partial charge in [0.15, 0.2) is 0 Å². The van der Waals surface area contributed by atoms with Crippen molar-refractivity contribution in [2.75, 3.05) is 11.9 Å². The third kappa shape index (κ3) is 5.04. The normalized spacial score (nSPS) is 10.3. The van der Waals surface area contributed by atoms with Gasteiger partial charge in [0.05, 0.1) is 10.7 Å². The van der Waals surface area contributed by atoms with Crippen LogP contribution in [0.4, 0.5) is 11.5 Å². The molecule has 0 spiro atoms. The fourth-order valence-electron chi connectivity index (χ4n) is 2.48. The number of benzene rings is 2. The van der Waals surface area contributed by atoms with Crippen LogP contribution < -0.4 is 10.6 Å². The number of carbonyl (C=O) groups excluding carboxylic acids is 1. The molecule has 0 radical (unpaired) electrons. The van der Waals surface area contributed by atoms with Gasteiger partial charge in [0, 0.05) is 12.6 Å². The first-order chi connectivity index (χ1) is 12.7. The summed E-state index contributed by atoms with van der Waals surface area (Å²) in [6.07, 6.45) is 3.15. The van der Waals surface area contributed by atoms with E-state index in [1.807, 2.05) is 36.4 Å². The van der Waals surface area contributed by atoms with E-state index >= 15 is 0 Å². The van der Waals surface area contributed by atoms with E-state index in [1.165, 1.54) is 11.9 Å². The van der Waals surface area contributed by atoms with E-state index in [-0.39, 0.29) is 5.91 Å². The summed E-state index contributed by atoms with van der Waals surface area (Å²) in [5.41, 5.74) is 2.30. The largest absolute Gasteiger partial charge is 0.351 e. The Bertz CT molecular complexity index is 870. The molecule has 6 heteroatoms. The predicted octanol–water partition coefficient (Wildman–Crippen LogP) is 4.24. The maximum atomic E-state index is 12.3. The lowest BCUT2D eigenvalue weighted by Gasteiger charge is -2.09.